The summed E-state index contributed by atoms with van der Waals surface area (Å²) in [6.45, 7) is 13.0. The van der Waals surface area contributed by atoms with Crippen LogP contribution < -0.4 is 0 Å². The number of hydrogen-bond acceptors (Lipinski definition) is 1. The van der Waals surface area contributed by atoms with Crippen LogP contribution >= 0.6 is 0 Å². The minimum absolute atomic E-state index is 0.336. The van der Waals surface area contributed by atoms with Crippen LogP contribution in [0.15, 0.2) is 91.0 Å². The molecule has 1 heteroatoms. The molecule has 0 aliphatic carbocycles. The number of fused-ring (bicyclic) bond motifs is 2. The predicted molar refractivity (Wildman–Crippen MR) is 168 cm³/mol. The quantitative estimate of drug-likeness (QED) is 0.253. The van der Waals surface area contributed by atoms with Crippen molar-refractivity contribution in [1.82, 2.24) is 0 Å². The molecule has 1 nitrogen and oxygen atoms in total. The van der Waals surface area contributed by atoms with Crippen molar-refractivity contribution in [1.29, 1.82) is 0 Å². The molecule has 0 atom stereocenters. The summed E-state index contributed by atoms with van der Waals surface area (Å²) in [5.74, 6) is 0.336. The monoisotopic (exact) mass is 506 g/mol. The van der Waals surface area contributed by atoms with E-state index < -0.39 is 0 Å². The van der Waals surface area contributed by atoms with E-state index in [9.17, 15) is 5.11 Å². The van der Waals surface area contributed by atoms with Crippen LogP contribution in [0.2, 0.25) is 0 Å². The Morgan fingerprint density at radius 2 is 0.923 bits per heavy atom. The lowest BCUT2D eigenvalue weighted by atomic mass is 9.84. The summed E-state index contributed by atoms with van der Waals surface area (Å²) in [7, 11) is 0. The molecule has 6 aromatic carbocycles. The smallest absolute Gasteiger partial charge is 0.131 e. The van der Waals surface area contributed by atoms with Crippen LogP contribution in [-0.2, 0) is 0 Å². The SMILES string of the molecule is Cc1cc(C)c(-c2cc(-c3c(O)c(-c4c(C)cc(C)cc4C)cc4ccccc34)c3ccccc3c2)c(C)c1. The van der Waals surface area contributed by atoms with E-state index in [-0.39, 0.29) is 0 Å². The Balaban J connectivity index is 1.75. The summed E-state index contributed by atoms with van der Waals surface area (Å²) in [5.41, 5.74) is 13.8. The highest BCUT2D eigenvalue weighted by molar-refractivity contribution is 6.11. The summed E-state index contributed by atoms with van der Waals surface area (Å²) < 4.78 is 0. The number of benzene rings is 6. The third kappa shape index (κ3) is 4.19. The first kappa shape index (κ1) is 24.9. The molecule has 39 heavy (non-hydrogen) atoms. The summed E-state index contributed by atoms with van der Waals surface area (Å²) in [6, 6.07) is 32.6. The zero-order chi connectivity index (χ0) is 27.4. The van der Waals surface area contributed by atoms with Gasteiger partial charge in [0.05, 0.1) is 0 Å². The Morgan fingerprint density at radius 1 is 0.436 bits per heavy atom. The average molecular weight is 507 g/mol. The Kier molecular flexibility index (Phi) is 6.03. The van der Waals surface area contributed by atoms with Gasteiger partial charge in [0.2, 0.25) is 0 Å². The average Bonchev–Trinajstić information content (AvgIpc) is 2.87. The molecule has 0 spiro atoms. The minimum atomic E-state index is 0.336. The van der Waals surface area contributed by atoms with Gasteiger partial charge in [-0.1, -0.05) is 83.9 Å². The first-order valence-corrected chi connectivity index (χ1v) is 13.7. The van der Waals surface area contributed by atoms with Crippen LogP contribution in [0.4, 0.5) is 0 Å². The second kappa shape index (κ2) is 9.43. The number of phenolic OH excluding ortho intramolecular Hbond substituents is 1. The van der Waals surface area contributed by atoms with E-state index in [0.717, 1.165) is 38.4 Å². The molecule has 192 valence electrons. The van der Waals surface area contributed by atoms with Crippen LogP contribution in [0.3, 0.4) is 0 Å². The molecule has 0 aliphatic heterocycles. The van der Waals surface area contributed by atoms with E-state index >= 15 is 0 Å². The fraction of sp³-hybridized carbons (Fsp3) is 0.158. The highest BCUT2D eigenvalue weighted by Crippen LogP contribution is 2.48. The summed E-state index contributed by atoms with van der Waals surface area (Å²) in [6.07, 6.45) is 0. The molecule has 1 N–H and O–H groups in total. The van der Waals surface area contributed by atoms with Gasteiger partial charge in [0, 0.05) is 11.1 Å². The molecule has 0 amide bonds. The van der Waals surface area contributed by atoms with Gasteiger partial charge in [-0.25, -0.2) is 0 Å². The molecule has 0 saturated carbocycles. The first-order valence-electron chi connectivity index (χ1n) is 13.7. The Morgan fingerprint density at radius 3 is 1.51 bits per heavy atom. The van der Waals surface area contributed by atoms with Crippen molar-refractivity contribution in [3.63, 3.8) is 0 Å². The van der Waals surface area contributed by atoms with E-state index in [2.05, 4.69) is 133 Å². The van der Waals surface area contributed by atoms with Gasteiger partial charge < -0.3 is 5.11 Å². The molecule has 0 radical (unpaired) electrons. The van der Waals surface area contributed by atoms with Gasteiger partial charge in [0.15, 0.2) is 0 Å². The van der Waals surface area contributed by atoms with Crippen molar-refractivity contribution in [2.75, 3.05) is 0 Å². The van der Waals surface area contributed by atoms with Gasteiger partial charge in [-0.2, -0.15) is 0 Å². The molecule has 0 fully saturated rings. The standard InChI is InChI=1S/C38H34O/c1-22-15-24(3)35(25(4)16-22)30-19-28-11-7-9-13-31(28)33(21-30)37-32-14-10-8-12-29(32)20-34(38(37)39)36-26(5)17-23(2)18-27(36)6/h7-21,39H,1-6H3. The summed E-state index contributed by atoms with van der Waals surface area (Å²) in [5, 5.41) is 16.7. The van der Waals surface area contributed by atoms with Crippen LogP contribution in [0, 0.1) is 41.5 Å². The highest BCUT2D eigenvalue weighted by Gasteiger charge is 2.21. The van der Waals surface area contributed by atoms with Crippen molar-refractivity contribution in [2.24, 2.45) is 0 Å². The molecule has 6 rings (SSSR count). The molecule has 0 heterocycles. The molecule has 0 aliphatic rings. The zero-order valence-corrected chi connectivity index (χ0v) is 23.6. The normalized spacial score (nSPS) is 11.4. The van der Waals surface area contributed by atoms with E-state index in [1.54, 1.807) is 0 Å². The Hall–Kier alpha value is -4.36. The van der Waals surface area contributed by atoms with Crippen molar-refractivity contribution in [3.05, 3.63) is 124 Å². The lowest BCUT2D eigenvalue weighted by Gasteiger charge is -2.20. The number of aromatic hydroxyl groups is 1. The fourth-order valence-corrected chi connectivity index (χ4v) is 6.70. The number of hydrogen-bond donors (Lipinski definition) is 1. The molecule has 0 aromatic heterocycles. The highest BCUT2D eigenvalue weighted by atomic mass is 16.3. The van der Waals surface area contributed by atoms with Gasteiger partial charge >= 0.3 is 0 Å². The van der Waals surface area contributed by atoms with Gasteiger partial charge in [-0.15, -0.1) is 0 Å². The lowest BCUT2D eigenvalue weighted by molar-refractivity contribution is 0.480. The van der Waals surface area contributed by atoms with Gasteiger partial charge in [-0.05, 0) is 126 Å². The predicted octanol–water partition coefficient (Wildman–Crippen LogP) is 10.6. The summed E-state index contributed by atoms with van der Waals surface area (Å²) >= 11 is 0. The Labute approximate surface area is 231 Å². The van der Waals surface area contributed by atoms with E-state index in [4.69, 9.17) is 0 Å². The number of rotatable bonds is 3. The van der Waals surface area contributed by atoms with Crippen molar-refractivity contribution in [3.8, 4) is 39.1 Å². The largest absolute Gasteiger partial charge is 0.507 e. The number of aryl methyl sites for hydroxylation is 6. The third-order valence-electron chi connectivity index (χ3n) is 8.07. The molecule has 0 saturated heterocycles. The molecule has 0 bridgehead atoms. The molecular formula is C38H34O. The topological polar surface area (TPSA) is 20.2 Å². The number of phenols is 1. The van der Waals surface area contributed by atoms with E-state index in [1.807, 2.05) is 0 Å². The maximum atomic E-state index is 12.2. The molecule has 6 aromatic rings. The zero-order valence-electron chi connectivity index (χ0n) is 23.6. The maximum Gasteiger partial charge on any atom is 0.131 e. The fourth-order valence-electron chi connectivity index (χ4n) is 6.70. The van der Waals surface area contributed by atoms with Gasteiger partial charge in [0.1, 0.15) is 5.75 Å². The summed E-state index contributed by atoms with van der Waals surface area (Å²) in [4.78, 5) is 0. The van der Waals surface area contributed by atoms with E-state index in [0.29, 0.717) is 5.75 Å². The third-order valence-corrected chi connectivity index (χ3v) is 8.07. The van der Waals surface area contributed by atoms with Crippen molar-refractivity contribution in [2.45, 2.75) is 41.5 Å². The van der Waals surface area contributed by atoms with Gasteiger partial charge in [0.25, 0.3) is 0 Å². The maximum absolute atomic E-state index is 12.2. The van der Waals surface area contributed by atoms with Crippen LogP contribution in [0.1, 0.15) is 33.4 Å². The van der Waals surface area contributed by atoms with Crippen molar-refractivity contribution < 1.29 is 5.11 Å². The molecule has 0 unspecified atom stereocenters. The molecular weight excluding hydrogens is 472 g/mol. The van der Waals surface area contributed by atoms with Gasteiger partial charge in [-0.3, -0.25) is 0 Å². The van der Waals surface area contributed by atoms with Crippen LogP contribution in [0.25, 0.3) is 54.9 Å². The first-order chi connectivity index (χ1) is 18.7. The van der Waals surface area contributed by atoms with E-state index in [1.165, 1.54) is 49.9 Å². The minimum Gasteiger partial charge on any atom is -0.507 e. The van der Waals surface area contributed by atoms with Crippen LogP contribution in [0.5, 0.6) is 5.75 Å². The second-order valence-electron chi connectivity index (χ2n) is 11.2. The second-order valence-corrected chi connectivity index (χ2v) is 11.2. The Bertz CT molecular complexity index is 1880. The van der Waals surface area contributed by atoms with Crippen molar-refractivity contribution >= 4 is 21.5 Å². The van der Waals surface area contributed by atoms with Crippen LogP contribution in [-0.4, -0.2) is 5.11 Å². The lowest BCUT2D eigenvalue weighted by Crippen LogP contribution is -1.95.